The van der Waals surface area contributed by atoms with Gasteiger partial charge in [-0.3, -0.25) is 4.79 Å². The first-order valence-electron chi connectivity index (χ1n) is 7.31. The fraction of sp³-hybridized carbons (Fsp3) is 0.312. The Hall–Kier alpha value is -2.21. The first-order chi connectivity index (χ1) is 11.1. The number of amides is 1. The topological polar surface area (TPSA) is 55.3 Å². The zero-order valence-corrected chi connectivity index (χ0v) is 13.0. The van der Waals surface area contributed by atoms with E-state index in [0.717, 1.165) is 18.9 Å². The number of halogens is 2. The lowest BCUT2D eigenvalue weighted by Crippen LogP contribution is -2.44. The maximum atomic E-state index is 13.1. The highest BCUT2D eigenvalue weighted by molar-refractivity contribution is 6.33. The lowest BCUT2D eigenvalue weighted by Gasteiger charge is -2.32. The lowest BCUT2D eigenvalue weighted by atomic mass is 10.1. The molecular formula is C16H15ClFN3O2. The van der Waals surface area contributed by atoms with Gasteiger partial charge in [0.25, 0.3) is 5.91 Å². The van der Waals surface area contributed by atoms with Crippen molar-refractivity contribution in [2.45, 2.75) is 18.9 Å². The van der Waals surface area contributed by atoms with E-state index in [9.17, 15) is 9.18 Å². The lowest BCUT2D eigenvalue weighted by molar-refractivity contribution is 0.0516. The van der Waals surface area contributed by atoms with Gasteiger partial charge in [-0.15, -0.1) is 0 Å². The van der Waals surface area contributed by atoms with Crippen molar-refractivity contribution in [1.29, 1.82) is 0 Å². The normalized spacial score (nSPS) is 17.8. The van der Waals surface area contributed by atoms with Crippen LogP contribution < -0.4 is 4.74 Å². The molecular weight excluding hydrogens is 321 g/mol. The van der Waals surface area contributed by atoms with Crippen molar-refractivity contribution in [1.82, 2.24) is 14.9 Å². The monoisotopic (exact) mass is 335 g/mol. The third kappa shape index (κ3) is 3.76. The van der Waals surface area contributed by atoms with Crippen LogP contribution in [-0.4, -0.2) is 40.0 Å². The Kier molecular flexibility index (Phi) is 4.71. The summed E-state index contributed by atoms with van der Waals surface area (Å²) in [5.41, 5.74) is 0.296. The number of likely N-dealkylation sites (tertiary alicyclic amines) is 1. The summed E-state index contributed by atoms with van der Waals surface area (Å²) in [7, 11) is 0. The second kappa shape index (κ2) is 6.91. The van der Waals surface area contributed by atoms with Gasteiger partial charge in [-0.2, -0.15) is 0 Å². The SMILES string of the molecule is O=C(c1ccc(F)cc1Cl)N1CCC[C@@H](Oc2ncccn2)C1. The summed E-state index contributed by atoms with van der Waals surface area (Å²) >= 11 is 5.97. The molecule has 0 N–H and O–H groups in total. The molecule has 1 saturated heterocycles. The quantitative estimate of drug-likeness (QED) is 0.865. The highest BCUT2D eigenvalue weighted by Crippen LogP contribution is 2.22. The van der Waals surface area contributed by atoms with Gasteiger partial charge in [-0.25, -0.2) is 14.4 Å². The van der Waals surface area contributed by atoms with Gasteiger partial charge in [0, 0.05) is 18.9 Å². The number of hydrogen-bond acceptors (Lipinski definition) is 4. The van der Waals surface area contributed by atoms with Crippen LogP contribution in [0.15, 0.2) is 36.7 Å². The van der Waals surface area contributed by atoms with Gasteiger partial charge in [-0.05, 0) is 37.1 Å². The summed E-state index contributed by atoms with van der Waals surface area (Å²) in [6, 6.07) is 5.79. The number of carbonyl (C=O) groups is 1. The van der Waals surface area contributed by atoms with Crippen molar-refractivity contribution >= 4 is 17.5 Å². The number of ether oxygens (including phenoxy) is 1. The van der Waals surface area contributed by atoms with Gasteiger partial charge in [0.1, 0.15) is 11.9 Å². The molecule has 0 unspecified atom stereocenters. The van der Waals surface area contributed by atoms with Gasteiger partial charge >= 0.3 is 6.01 Å². The van der Waals surface area contributed by atoms with E-state index in [1.807, 2.05) is 0 Å². The predicted molar refractivity (Wildman–Crippen MR) is 83.0 cm³/mol. The zero-order valence-electron chi connectivity index (χ0n) is 12.3. The van der Waals surface area contributed by atoms with Crippen molar-refractivity contribution in [2.24, 2.45) is 0 Å². The van der Waals surface area contributed by atoms with Crippen molar-refractivity contribution in [3.63, 3.8) is 0 Å². The van der Waals surface area contributed by atoms with Gasteiger partial charge in [0.05, 0.1) is 17.1 Å². The minimum atomic E-state index is -0.465. The van der Waals surface area contributed by atoms with E-state index in [1.165, 1.54) is 12.1 Å². The molecule has 1 aliphatic rings. The van der Waals surface area contributed by atoms with E-state index in [0.29, 0.717) is 24.7 Å². The first kappa shape index (κ1) is 15.7. The smallest absolute Gasteiger partial charge is 0.316 e. The number of aromatic nitrogens is 2. The molecule has 5 nitrogen and oxygen atoms in total. The molecule has 23 heavy (non-hydrogen) atoms. The molecule has 0 bridgehead atoms. The van der Waals surface area contributed by atoms with Crippen LogP contribution in [0.25, 0.3) is 0 Å². The van der Waals surface area contributed by atoms with E-state index in [1.54, 1.807) is 23.4 Å². The second-order valence-electron chi connectivity index (χ2n) is 5.29. The predicted octanol–water partition coefficient (Wildman–Crippen LogP) is 2.95. The Bertz CT molecular complexity index is 699. The average Bonchev–Trinajstić information content (AvgIpc) is 2.55. The van der Waals surface area contributed by atoms with Crippen LogP contribution in [0.4, 0.5) is 4.39 Å². The summed E-state index contributed by atoms with van der Waals surface area (Å²) in [4.78, 5) is 22.3. The molecule has 1 aromatic carbocycles. The Morgan fingerprint density at radius 3 is 2.87 bits per heavy atom. The average molecular weight is 336 g/mol. The van der Waals surface area contributed by atoms with Crippen LogP contribution in [0, 0.1) is 5.82 Å². The number of carbonyl (C=O) groups excluding carboxylic acids is 1. The largest absolute Gasteiger partial charge is 0.458 e. The number of rotatable bonds is 3. The zero-order chi connectivity index (χ0) is 16.2. The maximum Gasteiger partial charge on any atom is 0.316 e. The first-order valence-corrected chi connectivity index (χ1v) is 7.69. The fourth-order valence-electron chi connectivity index (χ4n) is 2.55. The number of benzene rings is 1. The molecule has 0 aliphatic carbocycles. The Balaban J connectivity index is 1.69. The molecule has 2 aromatic rings. The van der Waals surface area contributed by atoms with Crippen molar-refractivity contribution in [3.8, 4) is 6.01 Å². The van der Waals surface area contributed by atoms with Crippen LogP contribution >= 0.6 is 11.6 Å². The Morgan fingerprint density at radius 1 is 1.35 bits per heavy atom. The number of nitrogens with zero attached hydrogens (tertiary/aromatic N) is 3. The van der Waals surface area contributed by atoms with Gasteiger partial charge in [0.2, 0.25) is 0 Å². The van der Waals surface area contributed by atoms with Crippen LogP contribution in [0.3, 0.4) is 0 Å². The standard InChI is InChI=1S/C16H15ClFN3O2/c17-14-9-11(18)4-5-13(14)15(22)21-8-1-3-12(10-21)23-16-19-6-2-7-20-16/h2,4-7,9,12H,1,3,8,10H2/t12-/m1/s1. The Labute approximate surface area is 138 Å². The summed E-state index contributed by atoms with van der Waals surface area (Å²) in [6.07, 6.45) is 4.66. The summed E-state index contributed by atoms with van der Waals surface area (Å²) in [5.74, 6) is -0.690. The highest BCUT2D eigenvalue weighted by Gasteiger charge is 2.27. The third-order valence-corrected chi connectivity index (χ3v) is 3.95. The summed E-state index contributed by atoms with van der Waals surface area (Å²) < 4.78 is 18.8. The van der Waals surface area contributed by atoms with Gasteiger partial charge in [0.15, 0.2) is 0 Å². The second-order valence-corrected chi connectivity index (χ2v) is 5.70. The van der Waals surface area contributed by atoms with Crippen molar-refractivity contribution < 1.29 is 13.9 Å². The van der Waals surface area contributed by atoms with E-state index in [2.05, 4.69) is 9.97 Å². The molecule has 1 aliphatic heterocycles. The molecule has 1 amide bonds. The molecule has 120 valence electrons. The molecule has 3 rings (SSSR count). The fourth-order valence-corrected chi connectivity index (χ4v) is 2.80. The molecule has 0 saturated carbocycles. The summed E-state index contributed by atoms with van der Waals surface area (Å²) in [6.45, 7) is 1.03. The number of hydrogen-bond donors (Lipinski definition) is 0. The highest BCUT2D eigenvalue weighted by atomic mass is 35.5. The van der Waals surface area contributed by atoms with E-state index in [4.69, 9.17) is 16.3 Å². The van der Waals surface area contributed by atoms with Crippen molar-refractivity contribution in [3.05, 3.63) is 53.1 Å². The molecule has 0 spiro atoms. The molecule has 7 heteroatoms. The van der Waals surface area contributed by atoms with Crippen LogP contribution in [0.1, 0.15) is 23.2 Å². The minimum absolute atomic E-state index is 0.115. The number of piperidine rings is 1. The van der Waals surface area contributed by atoms with Crippen LogP contribution in [0.2, 0.25) is 5.02 Å². The molecule has 1 atom stereocenters. The van der Waals surface area contributed by atoms with Crippen LogP contribution in [0.5, 0.6) is 6.01 Å². The molecule has 1 fully saturated rings. The summed E-state index contributed by atoms with van der Waals surface area (Å²) in [5, 5.41) is 0.115. The van der Waals surface area contributed by atoms with E-state index < -0.39 is 5.82 Å². The van der Waals surface area contributed by atoms with Crippen LogP contribution in [-0.2, 0) is 0 Å². The van der Waals surface area contributed by atoms with Gasteiger partial charge < -0.3 is 9.64 Å². The molecule has 0 radical (unpaired) electrons. The van der Waals surface area contributed by atoms with Gasteiger partial charge in [-0.1, -0.05) is 11.6 Å². The Morgan fingerprint density at radius 2 is 2.13 bits per heavy atom. The maximum absolute atomic E-state index is 13.1. The third-order valence-electron chi connectivity index (χ3n) is 3.64. The van der Waals surface area contributed by atoms with Crippen molar-refractivity contribution in [2.75, 3.05) is 13.1 Å². The molecule has 1 aromatic heterocycles. The van der Waals surface area contributed by atoms with E-state index in [-0.39, 0.29) is 17.0 Å². The van der Waals surface area contributed by atoms with E-state index >= 15 is 0 Å². The minimum Gasteiger partial charge on any atom is -0.458 e. The molecule has 2 heterocycles.